The summed E-state index contributed by atoms with van der Waals surface area (Å²) in [6, 6.07) is 10.3. The van der Waals surface area contributed by atoms with Gasteiger partial charge < -0.3 is 14.8 Å². The van der Waals surface area contributed by atoms with Crippen molar-refractivity contribution in [3.63, 3.8) is 0 Å². The molecule has 0 bridgehead atoms. The van der Waals surface area contributed by atoms with Gasteiger partial charge in [-0.3, -0.25) is 4.79 Å². The molecule has 1 fully saturated rings. The van der Waals surface area contributed by atoms with E-state index in [4.69, 9.17) is 0 Å². The molecule has 1 aromatic carbocycles. The van der Waals surface area contributed by atoms with Crippen LogP contribution >= 0.6 is 0 Å². The van der Waals surface area contributed by atoms with E-state index in [0.717, 1.165) is 43.1 Å². The molecule has 6 heteroatoms. The first-order valence-corrected chi connectivity index (χ1v) is 8.26. The summed E-state index contributed by atoms with van der Waals surface area (Å²) in [6.07, 6.45) is 3.00. The van der Waals surface area contributed by atoms with Gasteiger partial charge >= 0.3 is 0 Å². The molecule has 0 radical (unpaired) electrons. The van der Waals surface area contributed by atoms with Gasteiger partial charge in [0.2, 0.25) is 5.91 Å². The van der Waals surface area contributed by atoms with Crippen molar-refractivity contribution in [3.8, 4) is 0 Å². The Labute approximate surface area is 135 Å². The van der Waals surface area contributed by atoms with E-state index in [1.165, 1.54) is 0 Å². The van der Waals surface area contributed by atoms with Crippen molar-refractivity contribution in [2.75, 3.05) is 11.9 Å². The summed E-state index contributed by atoms with van der Waals surface area (Å²) >= 11 is 0. The molecule has 1 aliphatic heterocycles. The average Bonchev–Trinajstić information content (AvgIpc) is 3.33. The zero-order chi connectivity index (χ0) is 15.8. The van der Waals surface area contributed by atoms with Crippen LogP contribution in [0.25, 0.3) is 0 Å². The van der Waals surface area contributed by atoms with Gasteiger partial charge in [-0.25, -0.2) is 0 Å². The monoisotopic (exact) mass is 311 g/mol. The summed E-state index contributed by atoms with van der Waals surface area (Å²) < 4.78 is 2.02. The molecular formula is C17H21N5O. The summed E-state index contributed by atoms with van der Waals surface area (Å²) in [6.45, 7) is 3.33. The minimum atomic E-state index is -0.193. The highest BCUT2D eigenvalue weighted by Gasteiger charge is 2.40. The van der Waals surface area contributed by atoms with E-state index in [-0.39, 0.29) is 11.9 Å². The fourth-order valence-electron chi connectivity index (χ4n) is 3.24. The van der Waals surface area contributed by atoms with Gasteiger partial charge in [0.1, 0.15) is 11.9 Å². The van der Waals surface area contributed by atoms with E-state index in [0.29, 0.717) is 12.6 Å². The lowest BCUT2D eigenvalue weighted by atomic mass is 10.2. The predicted molar refractivity (Wildman–Crippen MR) is 86.9 cm³/mol. The van der Waals surface area contributed by atoms with Crippen molar-refractivity contribution >= 4 is 11.6 Å². The first-order valence-electron chi connectivity index (χ1n) is 8.26. The molecule has 120 valence electrons. The lowest BCUT2D eigenvalue weighted by molar-refractivity contribution is -0.137. The number of para-hydroxylation sites is 1. The van der Waals surface area contributed by atoms with Gasteiger partial charge in [-0.1, -0.05) is 18.2 Å². The maximum atomic E-state index is 12.5. The lowest BCUT2D eigenvalue weighted by Crippen LogP contribution is -2.43. The molecule has 0 spiro atoms. The van der Waals surface area contributed by atoms with Crippen LogP contribution in [0.2, 0.25) is 0 Å². The molecule has 23 heavy (non-hydrogen) atoms. The molecule has 1 N–H and O–H groups in total. The highest BCUT2D eigenvalue weighted by molar-refractivity contribution is 5.81. The lowest BCUT2D eigenvalue weighted by Gasteiger charge is -2.32. The second-order valence-electron chi connectivity index (χ2n) is 6.32. The summed E-state index contributed by atoms with van der Waals surface area (Å²) in [7, 11) is 0. The van der Waals surface area contributed by atoms with Crippen LogP contribution in [0, 0.1) is 0 Å². The highest BCUT2D eigenvalue weighted by atomic mass is 16.2. The molecule has 2 aliphatic rings. The Balaban J connectivity index is 1.46. The summed E-state index contributed by atoms with van der Waals surface area (Å²) in [4.78, 5) is 14.5. The highest BCUT2D eigenvalue weighted by Crippen LogP contribution is 2.33. The third kappa shape index (κ3) is 2.69. The number of amides is 1. The van der Waals surface area contributed by atoms with Crippen LogP contribution in [0.5, 0.6) is 0 Å². The number of fused-ring (bicyclic) bond motifs is 1. The van der Waals surface area contributed by atoms with E-state index in [1.54, 1.807) is 0 Å². The van der Waals surface area contributed by atoms with E-state index in [9.17, 15) is 4.79 Å². The van der Waals surface area contributed by atoms with Gasteiger partial charge in [-0.15, -0.1) is 10.2 Å². The molecule has 4 rings (SSSR count). The van der Waals surface area contributed by atoms with E-state index in [1.807, 2.05) is 46.7 Å². The third-order valence-electron chi connectivity index (χ3n) is 4.62. The molecule has 2 heterocycles. The second-order valence-corrected chi connectivity index (χ2v) is 6.32. The van der Waals surface area contributed by atoms with Crippen LogP contribution in [0.1, 0.15) is 37.5 Å². The second kappa shape index (κ2) is 5.68. The molecule has 6 nitrogen and oxygen atoms in total. The Hall–Kier alpha value is -2.37. The predicted octanol–water partition coefficient (Wildman–Crippen LogP) is 2.00. The van der Waals surface area contributed by atoms with Crippen molar-refractivity contribution in [3.05, 3.63) is 42.0 Å². The van der Waals surface area contributed by atoms with Crippen LogP contribution < -0.4 is 5.32 Å². The zero-order valence-corrected chi connectivity index (χ0v) is 13.3. The number of nitrogens with one attached hydrogen (secondary N) is 1. The van der Waals surface area contributed by atoms with Gasteiger partial charge in [0.05, 0.1) is 6.54 Å². The molecular weight excluding hydrogens is 290 g/mol. The van der Waals surface area contributed by atoms with E-state index >= 15 is 0 Å². The van der Waals surface area contributed by atoms with Crippen LogP contribution in [-0.2, 0) is 17.8 Å². The first-order chi connectivity index (χ1) is 11.2. The largest absolute Gasteiger partial charge is 0.385 e. The number of hydrogen-bond acceptors (Lipinski definition) is 4. The fourth-order valence-corrected chi connectivity index (χ4v) is 3.24. The zero-order valence-electron chi connectivity index (χ0n) is 13.3. The fraction of sp³-hybridized carbons (Fsp3) is 0.471. The Morgan fingerprint density at radius 3 is 2.74 bits per heavy atom. The molecule has 1 atom stereocenters. The number of carbonyl (C=O) groups excluding carboxylic acids is 1. The summed E-state index contributed by atoms with van der Waals surface area (Å²) in [5.74, 6) is 2.01. The molecule has 1 saturated carbocycles. The van der Waals surface area contributed by atoms with Crippen LogP contribution in [0.15, 0.2) is 30.3 Å². The van der Waals surface area contributed by atoms with Crippen molar-refractivity contribution in [2.24, 2.45) is 0 Å². The summed E-state index contributed by atoms with van der Waals surface area (Å²) in [5, 5.41) is 12.0. The van der Waals surface area contributed by atoms with Gasteiger partial charge in [0.25, 0.3) is 0 Å². The number of aromatic nitrogens is 3. The van der Waals surface area contributed by atoms with Gasteiger partial charge in [0, 0.05) is 24.7 Å². The number of carbonyl (C=O) groups is 1. The number of anilines is 1. The Morgan fingerprint density at radius 2 is 2.00 bits per heavy atom. The standard InChI is InChI=1S/C17H21N5O/c1-12-17(23)21(14-7-8-14)11-16-20-19-15(22(12)16)9-10-18-13-5-3-2-4-6-13/h2-6,12,14,18H,7-11H2,1H3. The van der Waals surface area contributed by atoms with Gasteiger partial charge in [-0.05, 0) is 31.9 Å². The minimum absolute atomic E-state index is 0.193. The summed E-state index contributed by atoms with van der Waals surface area (Å²) in [5.41, 5.74) is 1.09. The van der Waals surface area contributed by atoms with Crippen molar-refractivity contribution in [1.29, 1.82) is 0 Å². The van der Waals surface area contributed by atoms with E-state index in [2.05, 4.69) is 15.5 Å². The maximum absolute atomic E-state index is 12.5. The normalized spacial score (nSPS) is 20.5. The maximum Gasteiger partial charge on any atom is 0.246 e. The van der Waals surface area contributed by atoms with Crippen LogP contribution in [-0.4, -0.2) is 38.2 Å². The van der Waals surface area contributed by atoms with Gasteiger partial charge in [-0.2, -0.15) is 0 Å². The first kappa shape index (κ1) is 14.2. The Bertz CT molecular complexity index is 707. The molecule has 1 aromatic heterocycles. The number of benzene rings is 1. The molecule has 0 saturated heterocycles. The quantitative estimate of drug-likeness (QED) is 0.917. The minimum Gasteiger partial charge on any atom is -0.385 e. The number of hydrogen-bond donors (Lipinski definition) is 1. The molecule has 1 aliphatic carbocycles. The van der Waals surface area contributed by atoms with Gasteiger partial charge in [0.15, 0.2) is 5.82 Å². The van der Waals surface area contributed by atoms with Crippen molar-refractivity contribution in [1.82, 2.24) is 19.7 Å². The Kier molecular flexibility index (Phi) is 3.52. The average molecular weight is 311 g/mol. The molecule has 1 unspecified atom stereocenters. The SMILES string of the molecule is CC1C(=O)N(C2CC2)Cc2nnc(CCNc3ccccc3)n21. The van der Waals surface area contributed by atoms with Crippen LogP contribution in [0.4, 0.5) is 5.69 Å². The smallest absolute Gasteiger partial charge is 0.246 e. The van der Waals surface area contributed by atoms with E-state index < -0.39 is 0 Å². The van der Waals surface area contributed by atoms with Crippen molar-refractivity contribution < 1.29 is 4.79 Å². The third-order valence-corrected chi connectivity index (χ3v) is 4.62. The molecule has 1 amide bonds. The Morgan fingerprint density at radius 1 is 1.22 bits per heavy atom. The number of rotatable bonds is 5. The van der Waals surface area contributed by atoms with Crippen LogP contribution in [0.3, 0.4) is 0 Å². The molecule has 2 aromatic rings. The topological polar surface area (TPSA) is 63.1 Å². The van der Waals surface area contributed by atoms with Crippen molar-refractivity contribution in [2.45, 2.75) is 44.8 Å². The number of nitrogens with zero attached hydrogens (tertiary/aromatic N) is 4.